The average molecular weight is 349 g/mol. The number of benzene rings is 1. The van der Waals surface area contributed by atoms with Crippen molar-refractivity contribution in [1.29, 1.82) is 0 Å². The highest BCUT2D eigenvalue weighted by Crippen LogP contribution is 2.53. The summed E-state index contributed by atoms with van der Waals surface area (Å²) >= 11 is 0. The third-order valence-electron chi connectivity index (χ3n) is 5.51. The molecule has 0 radical (unpaired) electrons. The van der Waals surface area contributed by atoms with Crippen molar-refractivity contribution in [2.75, 3.05) is 10.3 Å². The van der Waals surface area contributed by atoms with Gasteiger partial charge in [-0.05, 0) is 42.5 Å². The van der Waals surface area contributed by atoms with Crippen LogP contribution in [-0.2, 0) is 9.59 Å². The molecule has 1 N–H and O–H groups in total. The Bertz CT molecular complexity index is 904. The van der Waals surface area contributed by atoms with E-state index in [-0.39, 0.29) is 41.4 Å². The molecule has 5 rings (SSSR count). The molecule has 8 heteroatoms. The second kappa shape index (κ2) is 5.35. The van der Waals surface area contributed by atoms with Gasteiger partial charge in [-0.1, -0.05) is 12.2 Å². The molecule has 26 heavy (non-hydrogen) atoms. The molecule has 1 aromatic carbocycles. The summed E-state index contributed by atoms with van der Waals surface area (Å²) in [6.07, 6.45) is 7.78. The fourth-order valence-corrected chi connectivity index (χ4v) is 4.36. The van der Waals surface area contributed by atoms with Gasteiger partial charge >= 0.3 is 0 Å². The number of rotatable bonds is 3. The van der Waals surface area contributed by atoms with Gasteiger partial charge in [0.25, 0.3) is 5.91 Å². The molecule has 3 amide bonds. The van der Waals surface area contributed by atoms with Crippen LogP contribution in [0.2, 0.25) is 0 Å². The van der Waals surface area contributed by atoms with E-state index in [0.717, 1.165) is 6.42 Å². The van der Waals surface area contributed by atoms with Gasteiger partial charge in [0.05, 0.1) is 17.5 Å². The van der Waals surface area contributed by atoms with E-state index in [1.54, 1.807) is 24.3 Å². The lowest BCUT2D eigenvalue weighted by atomic mass is 9.85. The first-order chi connectivity index (χ1) is 12.6. The van der Waals surface area contributed by atoms with Crippen LogP contribution < -0.4 is 10.3 Å². The Hall–Kier alpha value is -3.29. The van der Waals surface area contributed by atoms with Crippen LogP contribution in [0.3, 0.4) is 0 Å². The number of hydrogen-bond acceptors (Lipinski definition) is 5. The van der Waals surface area contributed by atoms with Crippen LogP contribution >= 0.6 is 0 Å². The minimum absolute atomic E-state index is 0.126. The van der Waals surface area contributed by atoms with Crippen molar-refractivity contribution < 1.29 is 14.4 Å². The van der Waals surface area contributed by atoms with Crippen molar-refractivity contribution in [1.82, 2.24) is 14.9 Å². The number of aromatic nitrogens is 3. The van der Waals surface area contributed by atoms with E-state index in [1.165, 1.54) is 22.2 Å². The molecular formula is C18H15N5O3. The van der Waals surface area contributed by atoms with Gasteiger partial charge in [-0.15, -0.1) is 10.2 Å². The Labute approximate surface area is 148 Å². The van der Waals surface area contributed by atoms with Crippen molar-refractivity contribution in [3.63, 3.8) is 0 Å². The van der Waals surface area contributed by atoms with Crippen LogP contribution in [0.5, 0.6) is 0 Å². The van der Waals surface area contributed by atoms with E-state index in [2.05, 4.69) is 27.8 Å². The second-order valence-electron chi connectivity index (χ2n) is 6.87. The lowest BCUT2D eigenvalue weighted by molar-refractivity contribution is -0.123. The van der Waals surface area contributed by atoms with Gasteiger partial charge in [-0.25, -0.2) is 4.68 Å². The number of allylic oxidation sites excluding steroid dienone is 2. The number of carbonyl (C=O) groups excluding carboxylic acids is 3. The lowest BCUT2D eigenvalue weighted by Crippen LogP contribution is -2.32. The summed E-state index contributed by atoms with van der Waals surface area (Å²) < 4.78 is 1.34. The van der Waals surface area contributed by atoms with Crippen LogP contribution in [0, 0.1) is 23.7 Å². The van der Waals surface area contributed by atoms with E-state index in [1.807, 2.05) is 0 Å². The third-order valence-corrected chi connectivity index (χ3v) is 5.51. The number of fused-ring (bicyclic) bond motifs is 5. The number of amides is 3. The Morgan fingerprint density at radius 2 is 1.54 bits per heavy atom. The summed E-state index contributed by atoms with van der Waals surface area (Å²) in [6, 6.07) is 6.45. The van der Waals surface area contributed by atoms with Gasteiger partial charge in [-0.3, -0.25) is 24.7 Å². The molecular weight excluding hydrogens is 334 g/mol. The molecule has 1 aliphatic heterocycles. The zero-order valence-corrected chi connectivity index (χ0v) is 13.6. The summed E-state index contributed by atoms with van der Waals surface area (Å²) in [5, 5.41) is 7.22. The van der Waals surface area contributed by atoms with Gasteiger partial charge in [0.2, 0.25) is 11.8 Å². The molecule has 8 nitrogen and oxygen atoms in total. The maximum Gasteiger partial charge on any atom is 0.270 e. The van der Waals surface area contributed by atoms with Gasteiger partial charge in [0.15, 0.2) is 0 Å². The maximum absolute atomic E-state index is 12.8. The Morgan fingerprint density at radius 3 is 2.12 bits per heavy atom. The van der Waals surface area contributed by atoms with Gasteiger partial charge in [-0.2, -0.15) is 0 Å². The van der Waals surface area contributed by atoms with E-state index >= 15 is 0 Å². The van der Waals surface area contributed by atoms with Gasteiger partial charge in [0.1, 0.15) is 12.7 Å². The molecule has 1 saturated heterocycles. The van der Waals surface area contributed by atoms with Crippen molar-refractivity contribution >= 4 is 23.4 Å². The van der Waals surface area contributed by atoms with E-state index in [0.29, 0.717) is 11.3 Å². The fourth-order valence-electron chi connectivity index (χ4n) is 4.36. The average Bonchev–Trinajstić information content (AvgIpc) is 3.41. The first kappa shape index (κ1) is 15.0. The number of nitrogens with one attached hydrogen (secondary N) is 1. The molecule has 130 valence electrons. The van der Waals surface area contributed by atoms with Crippen molar-refractivity contribution in [3.8, 4) is 0 Å². The molecule has 1 saturated carbocycles. The van der Waals surface area contributed by atoms with Crippen LogP contribution in [0.4, 0.5) is 5.69 Å². The molecule has 2 fully saturated rings. The van der Waals surface area contributed by atoms with Gasteiger partial charge in [0, 0.05) is 5.56 Å². The van der Waals surface area contributed by atoms with E-state index < -0.39 is 0 Å². The highest BCUT2D eigenvalue weighted by Gasteiger charge is 2.59. The highest BCUT2D eigenvalue weighted by molar-refractivity contribution is 6.22. The molecule has 2 heterocycles. The van der Waals surface area contributed by atoms with Gasteiger partial charge < -0.3 is 0 Å². The Balaban J connectivity index is 1.37. The van der Waals surface area contributed by atoms with Crippen molar-refractivity contribution in [2.24, 2.45) is 23.7 Å². The number of imide groups is 1. The summed E-state index contributed by atoms with van der Waals surface area (Å²) in [7, 11) is 0. The minimum atomic E-state index is -0.338. The molecule has 0 spiro atoms. The normalized spacial score (nSPS) is 28.7. The molecule has 2 aromatic rings. The van der Waals surface area contributed by atoms with Crippen LogP contribution in [-0.4, -0.2) is 32.6 Å². The predicted octanol–water partition coefficient (Wildman–Crippen LogP) is 0.973. The highest BCUT2D eigenvalue weighted by atomic mass is 16.2. The SMILES string of the molecule is O=C(Nn1cnnc1)c1ccc(N2C(=O)[C@@H]3[C@H](C2=O)[C@H]2C=C[C@H]3C2)cc1. The fraction of sp³-hybridized carbons (Fsp3) is 0.278. The number of carbonyl (C=O) groups is 3. The van der Waals surface area contributed by atoms with Crippen LogP contribution in [0.25, 0.3) is 0 Å². The first-order valence-corrected chi connectivity index (χ1v) is 8.45. The molecule has 2 aliphatic carbocycles. The van der Waals surface area contributed by atoms with Crippen LogP contribution in [0.15, 0.2) is 49.1 Å². The third kappa shape index (κ3) is 2.05. The molecule has 2 bridgehead atoms. The molecule has 0 unspecified atom stereocenters. The predicted molar refractivity (Wildman–Crippen MR) is 90.4 cm³/mol. The topological polar surface area (TPSA) is 97.2 Å². The largest absolute Gasteiger partial charge is 0.274 e. The lowest BCUT2D eigenvalue weighted by Gasteiger charge is -2.17. The smallest absolute Gasteiger partial charge is 0.270 e. The molecule has 3 aliphatic rings. The van der Waals surface area contributed by atoms with E-state index in [4.69, 9.17) is 0 Å². The number of nitrogens with zero attached hydrogens (tertiary/aromatic N) is 4. The minimum Gasteiger partial charge on any atom is -0.274 e. The molecule has 4 atom stereocenters. The number of anilines is 1. The zero-order chi connectivity index (χ0) is 17.8. The Kier molecular flexibility index (Phi) is 3.09. The zero-order valence-electron chi connectivity index (χ0n) is 13.6. The van der Waals surface area contributed by atoms with Crippen LogP contribution in [0.1, 0.15) is 16.8 Å². The van der Waals surface area contributed by atoms with Crippen molar-refractivity contribution in [2.45, 2.75) is 6.42 Å². The summed E-state index contributed by atoms with van der Waals surface area (Å²) in [6.45, 7) is 0. The quantitative estimate of drug-likeness (QED) is 0.658. The summed E-state index contributed by atoms with van der Waals surface area (Å²) in [5.41, 5.74) is 3.51. The number of hydrogen-bond donors (Lipinski definition) is 1. The van der Waals surface area contributed by atoms with E-state index in [9.17, 15) is 14.4 Å². The standard InChI is InChI=1S/C18H15N5O3/c24-16(21-22-8-19-20-9-22)10-3-5-13(6-4-10)23-17(25)14-11-1-2-12(7-11)15(14)18(23)26/h1-6,8-9,11-12,14-15H,7H2,(H,21,24)/t11-,12-,14-,15+/m0/s1. The first-order valence-electron chi connectivity index (χ1n) is 8.45. The second-order valence-corrected chi connectivity index (χ2v) is 6.87. The maximum atomic E-state index is 12.8. The summed E-state index contributed by atoms with van der Waals surface area (Å²) in [4.78, 5) is 39.1. The monoisotopic (exact) mass is 349 g/mol. The molecule has 1 aromatic heterocycles. The summed E-state index contributed by atoms with van der Waals surface area (Å²) in [5.74, 6) is -0.685. The Morgan fingerprint density at radius 1 is 0.962 bits per heavy atom. The van der Waals surface area contributed by atoms with Crippen molar-refractivity contribution in [3.05, 3.63) is 54.6 Å².